The molecule has 0 atom stereocenters. The van der Waals surface area contributed by atoms with E-state index in [9.17, 15) is 10.0 Å². The van der Waals surface area contributed by atoms with Crippen LogP contribution in [0.1, 0.15) is 24.0 Å². The van der Waals surface area contributed by atoms with Gasteiger partial charge in [0.25, 0.3) is 0 Å². The van der Waals surface area contributed by atoms with Gasteiger partial charge in [-0.1, -0.05) is 30.3 Å². The average molecular weight is 354 g/mol. The first kappa shape index (κ1) is 18.4. The van der Waals surface area contributed by atoms with Crippen LogP contribution in [0.15, 0.2) is 54.9 Å². The summed E-state index contributed by atoms with van der Waals surface area (Å²) in [6, 6.07) is 13.9. The number of benzene rings is 1. The Morgan fingerprint density at radius 1 is 1.15 bits per heavy atom. The molecule has 0 aliphatic carbocycles. The maximum absolute atomic E-state index is 12.8. The molecule has 3 N–H and O–H groups in total. The molecule has 0 bridgehead atoms. The second kappa shape index (κ2) is 8.29. The highest BCUT2D eigenvalue weighted by atomic mass is 16.5. The van der Waals surface area contributed by atoms with Gasteiger partial charge >= 0.3 is 0 Å². The van der Waals surface area contributed by atoms with Crippen LogP contribution >= 0.6 is 0 Å². The highest BCUT2D eigenvalue weighted by Gasteiger charge is 2.40. The Kier molecular flexibility index (Phi) is 5.85. The number of pyridine rings is 1. The zero-order valence-corrected chi connectivity index (χ0v) is 14.9. The number of nitrogens with two attached hydrogens (primary N) is 1. The van der Waals surface area contributed by atoms with Crippen LogP contribution in [0.5, 0.6) is 0 Å². The summed E-state index contributed by atoms with van der Waals surface area (Å²) in [5, 5.41) is 14.3. The van der Waals surface area contributed by atoms with Crippen molar-refractivity contribution in [1.82, 2.24) is 10.2 Å². The van der Waals surface area contributed by atoms with Gasteiger partial charge in [-0.3, -0.25) is 9.69 Å². The minimum atomic E-state index is -0.518. The van der Waals surface area contributed by atoms with E-state index in [0.29, 0.717) is 13.1 Å². The predicted molar refractivity (Wildman–Crippen MR) is 99.7 cm³/mol. The van der Waals surface area contributed by atoms with E-state index in [1.165, 1.54) is 18.0 Å². The third-order valence-electron chi connectivity index (χ3n) is 5.22. The average Bonchev–Trinajstić information content (AvgIpc) is 2.68. The molecule has 2 aromatic rings. The number of piperidine rings is 1. The minimum absolute atomic E-state index is 0.0133. The number of aromatic nitrogens is 1. The number of likely N-dealkylation sites (tertiary alicyclic amines) is 1. The fraction of sp³-hybridized carbons (Fsp3) is 0.400. The summed E-state index contributed by atoms with van der Waals surface area (Å²) >= 11 is 0. The first-order chi connectivity index (χ1) is 12.6. The number of carbonyl (C=O) groups excluding carboxylic acids is 1. The number of amides is 1. The van der Waals surface area contributed by atoms with Gasteiger partial charge in [0.1, 0.15) is 0 Å². The van der Waals surface area contributed by atoms with E-state index >= 15 is 0 Å². The molecule has 1 aromatic carbocycles. The van der Waals surface area contributed by atoms with E-state index in [1.54, 1.807) is 6.07 Å². The molecule has 6 nitrogen and oxygen atoms in total. The van der Waals surface area contributed by atoms with Gasteiger partial charge in [0.15, 0.2) is 12.4 Å². The van der Waals surface area contributed by atoms with Gasteiger partial charge in [-0.15, -0.1) is 0 Å². The van der Waals surface area contributed by atoms with Crippen molar-refractivity contribution >= 4 is 5.91 Å². The largest absolute Gasteiger partial charge is 0.619 e. The molecular formula is C20H26N4O2. The van der Waals surface area contributed by atoms with Crippen LogP contribution in [0.3, 0.4) is 0 Å². The van der Waals surface area contributed by atoms with Crippen LogP contribution in [-0.2, 0) is 17.9 Å². The van der Waals surface area contributed by atoms with Crippen molar-refractivity contribution in [3.05, 3.63) is 71.2 Å². The summed E-state index contributed by atoms with van der Waals surface area (Å²) in [5.74, 6) is -0.0133. The predicted octanol–water partition coefficient (Wildman–Crippen LogP) is 1.18. The van der Waals surface area contributed by atoms with E-state index in [-0.39, 0.29) is 5.91 Å². The van der Waals surface area contributed by atoms with E-state index in [1.807, 2.05) is 24.3 Å². The van der Waals surface area contributed by atoms with Crippen LogP contribution in [0, 0.1) is 10.6 Å². The first-order valence-electron chi connectivity index (χ1n) is 9.04. The van der Waals surface area contributed by atoms with Gasteiger partial charge in [-0.2, -0.15) is 4.73 Å². The summed E-state index contributed by atoms with van der Waals surface area (Å²) in [6.45, 7) is 3.29. The van der Waals surface area contributed by atoms with Gasteiger partial charge in [0.2, 0.25) is 5.91 Å². The molecule has 2 heterocycles. The van der Waals surface area contributed by atoms with Crippen molar-refractivity contribution < 1.29 is 9.52 Å². The Morgan fingerprint density at radius 3 is 2.50 bits per heavy atom. The Morgan fingerprint density at radius 2 is 1.85 bits per heavy atom. The molecule has 1 amide bonds. The van der Waals surface area contributed by atoms with Gasteiger partial charge in [-0.05, 0) is 37.6 Å². The molecule has 0 unspecified atom stereocenters. The van der Waals surface area contributed by atoms with Gasteiger partial charge in [-0.25, -0.2) is 0 Å². The monoisotopic (exact) mass is 354 g/mol. The lowest BCUT2D eigenvalue weighted by Gasteiger charge is -2.40. The third kappa shape index (κ3) is 4.39. The molecular weight excluding hydrogens is 328 g/mol. The third-order valence-corrected chi connectivity index (χ3v) is 5.22. The topological polar surface area (TPSA) is 85.3 Å². The molecule has 1 fully saturated rings. The number of hydrogen-bond acceptors (Lipinski definition) is 4. The minimum Gasteiger partial charge on any atom is -0.619 e. The van der Waals surface area contributed by atoms with Crippen LogP contribution in [0.4, 0.5) is 0 Å². The maximum Gasteiger partial charge on any atom is 0.227 e. The van der Waals surface area contributed by atoms with Crippen molar-refractivity contribution in [2.45, 2.75) is 25.9 Å². The van der Waals surface area contributed by atoms with E-state index in [0.717, 1.165) is 42.8 Å². The molecule has 3 rings (SSSR count). The van der Waals surface area contributed by atoms with E-state index < -0.39 is 5.41 Å². The smallest absolute Gasteiger partial charge is 0.227 e. The highest BCUT2D eigenvalue weighted by molar-refractivity contribution is 5.83. The van der Waals surface area contributed by atoms with Gasteiger partial charge in [0, 0.05) is 31.3 Å². The fourth-order valence-corrected chi connectivity index (χ4v) is 3.48. The number of nitrogens with one attached hydrogen (secondary N) is 1. The Bertz CT molecular complexity index is 728. The Hall–Kier alpha value is -2.44. The molecule has 6 heteroatoms. The highest BCUT2D eigenvalue weighted by Crippen LogP contribution is 2.31. The summed E-state index contributed by atoms with van der Waals surface area (Å²) in [6.07, 6.45) is 4.39. The molecule has 1 aromatic heterocycles. The normalized spacial score (nSPS) is 17.0. The van der Waals surface area contributed by atoms with E-state index in [2.05, 4.69) is 22.3 Å². The molecule has 1 aliphatic rings. The second-order valence-electron chi connectivity index (χ2n) is 7.00. The second-order valence-corrected chi connectivity index (χ2v) is 7.00. The molecule has 0 spiro atoms. The van der Waals surface area contributed by atoms with E-state index in [4.69, 9.17) is 5.73 Å². The van der Waals surface area contributed by atoms with Crippen molar-refractivity contribution in [3.8, 4) is 0 Å². The quantitative estimate of drug-likeness (QED) is 0.602. The molecule has 26 heavy (non-hydrogen) atoms. The fourth-order valence-electron chi connectivity index (χ4n) is 3.48. The molecule has 1 saturated heterocycles. The zero-order chi connectivity index (χ0) is 18.4. The Balaban J connectivity index is 1.55. The molecule has 0 radical (unpaired) electrons. The van der Waals surface area contributed by atoms with Crippen LogP contribution in [-0.4, -0.2) is 30.4 Å². The first-order valence-corrected chi connectivity index (χ1v) is 9.04. The van der Waals surface area contributed by atoms with Crippen molar-refractivity contribution in [2.75, 3.05) is 19.6 Å². The lowest BCUT2D eigenvalue weighted by Crippen LogP contribution is -2.52. The zero-order valence-electron chi connectivity index (χ0n) is 14.9. The number of nitrogens with zero attached hydrogens (tertiary/aromatic N) is 2. The van der Waals surface area contributed by atoms with Crippen LogP contribution < -0.4 is 15.8 Å². The van der Waals surface area contributed by atoms with Crippen LogP contribution in [0.25, 0.3) is 0 Å². The number of rotatable bonds is 6. The summed E-state index contributed by atoms with van der Waals surface area (Å²) in [7, 11) is 0. The van der Waals surface area contributed by atoms with Crippen molar-refractivity contribution in [3.63, 3.8) is 0 Å². The number of carbonyl (C=O) groups is 1. The molecule has 1 aliphatic heterocycles. The molecule has 138 valence electrons. The van der Waals surface area contributed by atoms with Gasteiger partial charge in [0.05, 0.1) is 5.41 Å². The van der Waals surface area contributed by atoms with Crippen molar-refractivity contribution in [2.24, 2.45) is 11.1 Å². The molecule has 0 saturated carbocycles. The lowest BCUT2D eigenvalue weighted by molar-refractivity contribution is -0.605. The maximum atomic E-state index is 12.8. The SMILES string of the molecule is NCC1(C(=O)NCc2ccc[n+]([O-])c2)CCN(Cc2ccccc2)CC1. The number of hydrogen-bond donors (Lipinski definition) is 2. The van der Waals surface area contributed by atoms with Gasteiger partial charge < -0.3 is 16.3 Å². The standard InChI is InChI=1S/C20H26N4O2/c21-16-20(19(25)22-13-18-7-4-10-24(26)15-18)8-11-23(12-9-20)14-17-5-2-1-3-6-17/h1-7,10,15H,8-9,11-14,16,21H2,(H,22,25). The summed E-state index contributed by atoms with van der Waals surface area (Å²) < 4.78 is 0.738. The summed E-state index contributed by atoms with van der Waals surface area (Å²) in [5.41, 5.74) is 7.54. The van der Waals surface area contributed by atoms with Crippen LogP contribution in [0.2, 0.25) is 0 Å². The lowest BCUT2D eigenvalue weighted by atomic mass is 9.77. The Labute approximate surface area is 154 Å². The van der Waals surface area contributed by atoms with Crippen molar-refractivity contribution in [1.29, 1.82) is 0 Å². The summed E-state index contributed by atoms with van der Waals surface area (Å²) in [4.78, 5) is 15.1.